The quantitative estimate of drug-likeness (QED) is 0.370. The lowest BCUT2D eigenvalue weighted by Crippen LogP contribution is -2.44. The molecule has 2 N–H and O–H groups in total. The average molecular weight is 322 g/mol. The number of hydrogen-bond donors (Lipinski definition) is 2. The van der Waals surface area contributed by atoms with Gasteiger partial charge in [0, 0.05) is 45.3 Å². The molecule has 0 aliphatic carbocycles. The third-order valence-electron chi connectivity index (χ3n) is 3.88. The van der Waals surface area contributed by atoms with Crippen molar-refractivity contribution in [2.45, 2.75) is 32.6 Å². The molecular weight excluding hydrogens is 296 g/mol. The molecule has 0 aromatic rings. The molecule has 1 heterocycles. The van der Waals surface area contributed by atoms with Crippen LogP contribution in [-0.4, -0.2) is 66.1 Å². The highest BCUT2D eigenvalue weighted by Crippen LogP contribution is 2.05. The van der Waals surface area contributed by atoms with Crippen LogP contribution in [0.15, 0.2) is 11.8 Å². The minimum absolute atomic E-state index is 0.125. The van der Waals surface area contributed by atoms with Crippen LogP contribution in [0.4, 0.5) is 0 Å². The average Bonchev–Trinajstić information content (AvgIpc) is 2.55. The Labute approximate surface area is 137 Å². The van der Waals surface area contributed by atoms with Crippen LogP contribution < -0.4 is 5.32 Å². The summed E-state index contributed by atoms with van der Waals surface area (Å²) >= 11 is 0. The van der Waals surface area contributed by atoms with E-state index in [4.69, 9.17) is 10.4 Å². The van der Waals surface area contributed by atoms with E-state index in [9.17, 15) is 9.59 Å². The molecule has 0 bridgehead atoms. The second kappa shape index (κ2) is 10.6. The second-order valence-corrected chi connectivity index (χ2v) is 5.59. The first-order valence-corrected chi connectivity index (χ1v) is 8.15. The van der Waals surface area contributed by atoms with Crippen LogP contribution >= 0.6 is 0 Å². The molecule has 0 aromatic heterocycles. The number of nitrogens with zero attached hydrogens (tertiary/aromatic N) is 3. The summed E-state index contributed by atoms with van der Waals surface area (Å²) in [6.07, 6.45) is 3.87. The van der Waals surface area contributed by atoms with E-state index in [-0.39, 0.29) is 17.9 Å². The van der Waals surface area contributed by atoms with Crippen LogP contribution in [0, 0.1) is 11.3 Å². The van der Waals surface area contributed by atoms with Gasteiger partial charge in [0.2, 0.25) is 0 Å². The summed E-state index contributed by atoms with van der Waals surface area (Å²) in [4.78, 5) is 26.7. The van der Waals surface area contributed by atoms with Crippen molar-refractivity contribution in [1.82, 2.24) is 15.1 Å². The summed E-state index contributed by atoms with van der Waals surface area (Å²) in [5.41, 5.74) is 0.125. The van der Waals surface area contributed by atoms with E-state index in [2.05, 4.69) is 17.1 Å². The molecule has 7 nitrogen and oxygen atoms in total. The predicted octanol–water partition coefficient (Wildman–Crippen LogP) is 0.793. The van der Waals surface area contributed by atoms with Crippen LogP contribution in [0.2, 0.25) is 0 Å². The van der Waals surface area contributed by atoms with Gasteiger partial charge >= 0.3 is 5.97 Å². The maximum absolute atomic E-state index is 12.0. The van der Waals surface area contributed by atoms with E-state index in [1.54, 1.807) is 6.20 Å². The monoisotopic (exact) mass is 322 g/mol. The van der Waals surface area contributed by atoms with Gasteiger partial charge in [0.05, 0.1) is 0 Å². The summed E-state index contributed by atoms with van der Waals surface area (Å²) in [5.74, 6) is -1.16. The third-order valence-corrected chi connectivity index (χ3v) is 3.88. The lowest BCUT2D eigenvalue weighted by molar-refractivity contribution is -0.137. The zero-order chi connectivity index (χ0) is 17.1. The van der Waals surface area contributed by atoms with Gasteiger partial charge in [0.25, 0.3) is 5.91 Å². The van der Waals surface area contributed by atoms with Gasteiger partial charge in [-0.25, -0.2) is 0 Å². The lowest BCUT2D eigenvalue weighted by atomic mass is 10.2. The molecular formula is C16H26N4O3. The SMILES string of the molecule is CCN1CCN(/C=C(/C#N)C(=O)NCCCCCC(=O)O)CC1. The van der Waals surface area contributed by atoms with Gasteiger partial charge in [-0.2, -0.15) is 5.26 Å². The van der Waals surface area contributed by atoms with Crippen LogP contribution in [0.25, 0.3) is 0 Å². The Balaban J connectivity index is 2.30. The number of amides is 1. The van der Waals surface area contributed by atoms with E-state index in [0.29, 0.717) is 19.4 Å². The van der Waals surface area contributed by atoms with Crippen LogP contribution in [0.3, 0.4) is 0 Å². The molecule has 1 saturated heterocycles. The highest BCUT2D eigenvalue weighted by Gasteiger charge is 2.15. The Morgan fingerprint density at radius 2 is 1.91 bits per heavy atom. The van der Waals surface area contributed by atoms with Crippen LogP contribution in [0.5, 0.6) is 0 Å². The Bertz CT molecular complexity index is 462. The highest BCUT2D eigenvalue weighted by molar-refractivity contribution is 5.97. The Morgan fingerprint density at radius 1 is 1.22 bits per heavy atom. The van der Waals surface area contributed by atoms with Crippen LogP contribution in [-0.2, 0) is 9.59 Å². The first-order chi connectivity index (χ1) is 11.1. The zero-order valence-electron chi connectivity index (χ0n) is 13.8. The molecule has 23 heavy (non-hydrogen) atoms. The maximum atomic E-state index is 12.0. The number of piperazine rings is 1. The van der Waals surface area contributed by atoms with Gasteiger partial charge in [0.1, 0.15) is 11.6 Å². The molecule has 1 aliphatic heterocycles. The standard InChI is InChI=1S/C16H26N4O3/c1-2-19-8-10-20(11-9-19)13-14(12-17)16(23)18-7-5-3-4-6-15(21)22/h13H,2-11H2,1H3,(H,18,23)(H,21,22)/b14-13-. The Kier molecular flexibility index (Phi) is 8.76. The molecule has 1 fully saturated rings. The number of carbonyl (C=O) groups is 2. The minimum Gasteiger partial charge on any atom is -0.481 e. The van der Waals surface area contributed by atoms with Gasteiger partial charge in [0.15, 0.2) is 0 Å². The van der Waals surface area contributed by atoms with Crippen molar-refractivity contribution in [2.75, 3.05) is 39.3 Å². The molecule has 1 amide bonds. The third kappa shape index (κ3) is 7.66. The summed E-state index contributed by atoms with van der Waals surface area (Å²) < 4.78 is 0. The fourth-order valence-corrected chi connectivity index (χ4v) is 2.40. The molecule has 0 radical (unpaired) electrons. The molecule has 1 rings (SSSR count). The number of hydrogen-bond acceptors (Lipinski definition) is 5. The smallest absolute Gasteiger partial charge is 0.303 e. The minimum atomic E-state index is -0.799. The van der Waals surface area contributed by atoms with E-state index in [1.807, 2.05) is 11.0 Å². The largest absolute Gasteiger partial charge is 0.481 e. The summed E-state index contributed by atoms with van der Waals surface area (Å²) in [6.45, 7) is 7.12. The lowest BCUT2D eigenvalue weighted by Gasteiger charge is -2.33. The van der Waals surface area contributed by atoms with Crippen molar-refractivity contribution in [3.63, 3.8) is 0 Å². The van der Waals surface area contributed by atoms with Crippen molar-refractivity contribution in [1.29, 1.82) is 5.26 Å². The topological polar surface area (TPSA) is 96.7 Å². The highest BCUT2D eigenvalue weighted by atomic mass is 16.4. The van der Waals surface area contributed by atoms with E-state index >= 15 is 0 Å². The molecule has 7 heteroatoms. The molecule has 0 unspecified atom stereocenters. The number of unbranched alkanes of at least 4 members (excludes halogenated alkanes) is 2. The van der Waals surface area contributed by atoms with Crippen LogP contribution in [0.1, 0.15) is 32.6 Å². The fraction of sp³-hybridized carbons (Fsp3) is 0.688. The van der Waals surface area contributed by atoms with E-state index in [0.717, 1.165) is 39.1 Å². The summed E-state index contributed by atoms with van der Waals surface area (Å²) in [7, 11) is 0. The number of nitrogens with one attached hydrogen (secondary N) is 1. The molecule has 1 aliphatic rings. The van der Waals surface area contributed by atoms with Crippen molar-refractivity contribution < 1.29 is 14.7 Å². The number of carboxylic acid groups (broad SMARTS) is 1. The Morgan fingerprint density at radius 3 is 2.48 bits per heavy atom. The van der Waals surface area contributed by atoms with Gasteiger partial charge < -0.3 is 20.2 Å². The molecule has 0 aromatic carbocycles. The molecule has 0 spiro atoms. The van der Waals surface area contributed by atoms with Gasteiger partial charge in [-0.1, -0.05) is 13.3 Å². The zero-order valence-corrected chi connectivity index (χ0v) is 13.8. The second-order valence-electron chi connectivity index (χ2n) is 5.59. The van der Waals surface area contributed by atoms with E-state index in [1.165, 1.54) is 0 Å². The van der Waals surface area contributed by atoms with E-state index < -0.39 is 5.97 Å². The maximum Gasteiger partial charge on any atom is 0.303 e. The van der Waals surface area contributed by atoms with Gasteiger partial charge in [-0.15, -0.1) is 0 Å². The fourth-order valence-electron chi connectivity index (χ4n) is 2.40. The number of nitriles is 1. The summed E-state index contributed by atoms with van der Waals surface area (Å²) in [5, 5.41) is 20.4. The van der Waals surface area contributed by atoms with Crippen molar-refractivity contribution >= 4 is 11.9 Å². The van der Waals surface area contributed by atoms with Gasteiger partial charge in [-0.05, 0) is 19.4 Å². The molecule has 0 atom stereocenters. The first-order valence-electron chi connectivity index (χ1n) is 8.15. The number of carbonyl (C=O) groups excluding carboxylic acids is 1. The molecule has 0 saturated carbocycles. The van der Waals surface area contributed by atoms with Crippen molar-refractivity contribution in [3.05, 3.63) is 11.8 Å². The first kappa shape index (κ1) is 19.0. The normalized spacial score (nSPS) is 16.0. The van der Waals surface area contributed by atoms with Gasteiger partial charge in [-0.3, -0.25) is 9.59 Å². The molecule has 128 valence electrons. The number of aliphatic carboxylic acids is 1. The number of rotatable bonds is 9. The summed E-state index contributed by atoms with van der Waals surface area (Å²) in [6, 6.07) is 1.96. The van der Waals surface area contributed by atoms with Crippen molar-refractivity contribution in [2.24, 2.45) is 0 Å². The number of likely N-dealkylation sites (N-methyl/N-ethyl adjacent to an activating group) is 1. The predicted molar refractivity (Wildman–Crippen MR) is 86.5 cm³/mol. The number of carboxylic acids is 1. The Hall–Kier alpha value is -2.07. The van der Waals surface area contributed by atoms with Crippen molar-refractivity contribution in [3.8, 4) is 6.07 Å².